The molecule has 156 valence electrons. The van der Waals surface area contributed by atoms with E-state index in [-0.39, 0.29) is 10.8 Å². The van der Waals surface area contributed by atoms with Gasteiger partial charge in [0.2, 0.25) is 10.0 Å². The monoisotopic (exact) mass is 480 g/mol. The second kappa shape index (κ2) is 9.73. The lowest BCUT2D eigenvalue weighted by atomic mass is 10.2. The van der Waals surface area contributed by atoms with Crippen molar-refractivity contribution in [3.05, 3.63) is 52.5 Å². The van der Waals surface area contributed by atoms with E-state index in [1.165, 1.54) is 16.4 Å². The minimum atomic E-state index is -3.48. The van der Waals surface area contributed by atoms with E-state index < -0.39 is 10.0 Å². The number of nitrogens with zero attached hydrogens (tertiary/aromatic N) is 1. The summed E-state index contributed by atoms with van der Waals surface area (Å²) in [5.74, 6) is 0.412. The Morgan fingerprint density at radius 1 is 1.10 bits per heavy atom. The van der Waals surface area contributed by atoms with E-state index in [0.29, 0.717) is 41.2 Å². The van der Waals surface area contributed by atoms with Crippen LogP contribution in [0.2, 0.25) is 0 Å². The molecule has 0 atom stereocenters. The summed E-state index contributed by atoms with van der Waals surface area (Å²) in [6, 6.07) is 11.5. The number of hydrogen-bond donors (Lipinski definition) is 1. The number of halogens is 1. The first kappa shape index (κ1) is 21.8. The molecule has 1 heterocycles. The molecule has 2 aromatic carbocycles. The van der Waals surface area contributed by atoms with Crippen molar-refractivity contribution in [1.82, 2.24) is 4.31 Å². The number of hydrogen-bond acceptors (Lipinski definition) is 4. The maximum atomic E-state index is 12.7. The van der Waals surface area contributed by atoms with Crippen LogP contribution in [0.3, 0.4) is 0 Å². The lowest BCUT2D eigenvalue weighted by Gasteiger charge is -2.25. The van der Waals surface area contributed by atoms with Crippen LogP contribution >= 0.6 is 15.9 Å². The van der Waals surface area contributed by atoms with Gasteiger partial charge in [-0.05, 0) is 77.7 Å². The fraction of sp³-hybridized carbons (Fsp3) is 0.381. The van der Waals surface area contributed by atoms with E-state index in [0.717, 1.165) is 25.7 Å². The van der Waals surface area contributed by atoms with Crippen LogP contribution in [0.25, 0.3) is 0 Å². The fourth-order valence-corrected chi connectivity index (χ4v) is 5.15. The average molecular weight is 481 g/mol. The van der Waals surface area contributed by atoms with E-state index in [2.05, 4.69) is 21.2 Å². The third kappa shape index (κ3) is 5.38. The second-order valence-electron chi connectivity index (χ2n) is 6.94. The zero-order valence-electron chi connectivity index (χ0n) is 16.4. The molecule has 0 spiro atoms. The van der Waals surface area contributed by atoms with Gasteiger partial charge >= 0.3 is 0 Å². The Labute approximate surface area is 180 Å². The van der Waals surface area contributed by atoms with Crippen LogP contribution in [-0.4, -0.2) is 38.3 Å². The van der Waals surface area contributed by atoms with E-state index in [1.807, 2.05) is 6.92 Å². The lowest BCUT2D eigenvalue weighted by molar-refractivity contribution is 0.102. The minimum Gasteiger partial charge on any atom is -0.492 e. The van der Waals surface area contributed by atoms with Crippen molar-refractivity contribution in [2.75, 3.05) is 25.0 Å². The molecule has 1 saturated heterocycles. The quantitative estimate of drug-likeness (QED) is 0.624. The summed E-state index contributed by atoms with van der Waals surface area (Å²) in [6.45, 7) is 3.76. The molecule has 3 rings (SSSR count). The van der Waals surface area contributed by atoms with Gasteiger partial charge in [0.1, 0.15) is 5.75 Å². The molecule has 0 bridgehead atoms. The Balaban J connectivity index is 1.68. The SMILES string of the molecule is CCCOc1ccc(C(=O)Nc2ccc(S(=O)(=O)N3CCCCC3)cc2)cc1Br. The highest BCUT2D eigenvalue weighted by Gasteiger charge is 2.25. The molecule has 0 unspecified atom stereocenters. The number of amides is 1. The highest BCUT2D eigenvalue weighted by molar-refractivity contribution is 9.10. The molecule has 1 aliphatic heterocycles. The summed E-state index contributed by atoms with van der Waals surface area (Å²) in [6.07, 6.45) is 3.76. The highest BCUT2D eigenvalue weighted by atomic mass is 79.9. The molecule has 1 amide bonds. The summed E-state index contributed by atoms with van der Waals surface area (Å²) in [7, 11) is -3.48. The van der Waals surface area contributed by atoms with Crippen molar-refractivity contribution in [1.29, 1.82) is 0 Å². The van der Waals surface area contributed by atoms with Crippen LogP contribution in [0.1, 0.15) is 43.0 Å². The molecule has 0 aromatic heterocycles. The first-order valence-electron chi connectivity index (χ1n) is 9.75. The molecule has 0 radical (unpaired) electrons. The van der Waals surface area contributed by atoms with E-state index in [4.69, 9.17) is 4.74 Å². The number of rotatable bonds is 7. The van der Waals surface area contributed by atoms with E-state index in [1.54, 1.807) is 30.3 Å². The number of nitrogens with one attached hydrogen (secondary N) is 1. The van der Waals surface area contributed by atoms with Gasteiger partial charge in [-0.15, -0.1) is 0 Å². The van der Waals surface area contributed by atoms with Gasteiger partial charge in [-0.3, -0.25) is 4.79 Å². The first-order valence-corrected chi connectivity index (χ1v) is 12.0. The maximum absolute atomic E-state index is 12.7. The number of carbonyl (C=O) groups excluding carboxylic acids is 1. The van der Waals surface area contributed by atoms with Gasteiger partial charge in [0, 0.05) is 24.3 Å². The van der Waals surface area contributed by atoms with Gasteiger partial charge in [0.15, 0.2) is 0 Å². The van der Waals surface area contributed by atoms with Gasteiger partial charge in [-0.2, -0.15) is 4.31 Å². The highest BCUT2D eigenvalue weighted by Crippen LogP contribution is 2.27. The second-order valence-corrected chi connectivity index (χ2v) is 9.73. The van der Waals surface area contributed by atoms with Crippen LogP contribution in [0.5, 0.6) is 5.75 Å². The summed E-state index contributed by atoms with van der Waals surface area (Å²) >= 11 is 3.42. The number of carbonyl (C=O) groups is 1. The number of ether oxygens (including phenoxy) is 1. The minimum absolute atomic E-state index is 0.248. The number of sulfonamides is 1. The smallest absolute Gasteiger partial charge is 0.255 e. The Morgan fingerprint density at radius 3 is 2.41 bits per heavy atom. The molecule has 2 aromatic rings. The molecule has 1 N–H and O–H groups in total. The molecule has 8 heteroatoms. The topological polar surface area (TPSA) is 75.7 Å². The Kier molecular flexibility index (Phi) is 7.32. The van der Waals surface area contributed by atoms with Crippen molar-refractivity contribution < 1.29 is 17.9 Å². The van der Waals surface area contributed by atoms with Gasteiger partial charge in [0.05, 0.1) is 16.0 Å². The summed E-state index contributed by atoms with van der Waals surface area (Å²) in [5.41, 5.74) is 1.01. The van der Waals surface area contributed by atoms with Crippen molar-refractivity contribution in [2.45, 2.75) is 37.5 Å². The molecule has 6 nitrogen and oxygen atoms in total. The number of anilines is 1. The zero-order chi connectivity index (χ0) is 20.9. The molecule has 0 aliphatic carbocycles. The molecule has 0 saturated carbocycles. The van der Waals surface area contributed by atoms with Crippen LogP contribution in [0.15, 0.2) is 51.8 Å². The molecule has 1 fully saturated rings. The molecule has 29 heavy (non-hydrogen) atoms. The fourth-order valence-electron chi connectivity index (χ4n) is 3.14. The van der Waals surface area contributed by atoms with Gasteiger partial charge in [-0.1, -0.05) is 13.3 Å². The summed E-state index contributed by atoms with van der Waals surface area (Å²) in [5, 5.41) is 2.80. The first-order chi connectivity index (χ1) is 13.9. The van der Waals surface area contributed by atoms with Gasteiger partial charge in [-0.25, -0.2) is 8.42 Å². The van der Waals surface area contributed by atoms with Gasteiger partial charge < -0.3 is 10.1 Å². The zero-order valence-corrected chi connectivity index (χ0v) is 18.8. The lowest BCUT2D eigenvalue weighted by Crippen LogP contribution is -2.35. The van der Waals surface area contributed by atoms with Crippen LogP contribution < -0.4 is 10.1 Å². The predicted molar refractivity (Wildman–Crippen MR) is 117 cm³/mol. The number of benzene rings is 2. The number of piperidine rings is 1. The van der Waals surface area contributed by atoms with Gasteiger partial charge in [0.25, 0.3) is 5.91 Å². The molecular weight excluding hydrogens is 456 g/mol. The van der Waals surface area contributed by atoms with Crippen molar-refractivity contribution >= 4 is 37.5 Å². The van der Waals surface area contributed by atoms with Crippen LogP contribution in [0, 0.1) is 0 Å². The average Bonchev–Trinajstić information content (AvgIpc) is 2.74. The van der Waals surface area contributed by atoms with E-state index in [9.17, 15) is 13.2 Å². The van der Waals surface area contributed by atoms with Crippen molar-refractivity contribution in [3.63, 3.8) is 0 Å². The maximum Gasteiger partial charge on any atom is 0.255 e. The van der Waals surface area contributed by atoms with Crippen LogP contribution in [0.4, 0.5) is 5.69 Å². The van der Waals surface area contributed by atoms with Crippen molar-refractivity contribution in [3.8, 4) is 5.75 Å². The summed E-state index contributed by atoms with van der Waals surface area (Å²) in [4.78, 5) is 12.8. The molecule has 1 aliphatic rings. The molecular formula is C21H25BrN2O4S. The van der Waals surface area contributed by atoms with Crippen LogP contribution in [-0.2, 0) is 10.0 Å². The third-order valence-electron chi connectivity index (χ3n) is 4.72. The Hall–Kier alpha value is -1.90. The Bertz CT molecular complexity index is 955. The third-order valence-corrected chi connectivity index (χ3v) is 7.25. The standard InChI is InChI=1S/C21H25BrN2O4S/c1-2-14-28-20-11-6-16(15-19(20)22)21(25)23-17-7-9-18(10-8-17)29(26,27)24-12-4-3-5-13-24/h6-11,15H,2-5,12-14H2,1H3,(H,23,25). The normalized spacial score (nSPS) is 15.1. The largest absolute Gasteiger partial charge is 0.492 e. The predicted octanol–water partition coefficient (Wildman–Crippen LogP) is 4.66. The van der Waals surface area contributed by atoms with Crippen molar-refractivity contribution in [2.24, 2.45) is 0 Å². The Morgan fingerprint density at radius 2 is 1.79 bits per heavy atom. The van der Waals surface area contributed by atoms with E-state index >= 15 is 0 Å². The summed E-state index contributed by atoms with van der Waals surface area (Å²) < 4.78 is 33.3.